The van der Waals surface area contributed by atoms with Gasteiger partial charge in [-0.1, -0.05) is 0 Å². The van der Waals surface area contributed by atoms with Crippen LogP contribution in [0, 0.1) is 0 Å². The van der Waals surface area contributed by atoms with Crippen LogP contribution in [0.1, 0.15) is 12.7 Å². The Labute approximate surface area is 132 Å². The number of aliphatic imine (C=N–C) groups is 1. The van der Waals surface area contributed by atoms with E-state index < -0.39 is 30.2 Å². The van der Waals surface area contributed by atoms with Crippen molar-refractivity contribution in [3.63, 3.8) is 0 Å². The number of carbonyl (C=O) groups is 2. The lowest BCUT2D eigenvalue weighted by atomic mass is 10.1. The summed E-state index contributed by atoms with van der Waals surface area (Å²) in [6.45, 7) is 2.15. The average molecular weight is 321 g/mol. The van der Waals surface area contributed by atoms with Crippen LogP contribution in [0.5, 0.6) is 0 Å². The Morgan fingerprint density at radius 3 is 2.91 bits per heavy atom. The molecule has 3 heterocycles. The molecular formula is C14H19N5O4. The Hall–Kier alpha value is -2.55. The van der Waals surface area contributed by atoms with Gasteiger partial charge >= 0.3 is 6.03 Å². The van der Waals surface area contributed by atoms with Crippen molar-refractivity contribution in [1.82, 2.24) is 20.4 Å². The van der Waals surface area contributed by atoms with Crippen molar-refractivity contribution in [2.45, 2.75) is 31.8 Å². The number of furan rings is 1. The van der Waals surface area contributed by atoms with Gasteiger partial charge in [-0.05, 0) is 19.1 Å². The van der Waals surface area contributed by atoms with Crippen molar-refractivity contribution in [2.75, 3.05) is 13.6 Å². The smallest absolute Gasteiger partial charge is 0.325 e. The number of amides is 3. The predicted molar refractivity (Wildman–Crippen MR) is 80.2 cm³/mol. The quantitative estimate of drug-likeness (QED) is 0.676. The van der Waals surface area contributed by atoms with E-state index in [1.54, 1.807) is 37.3 Å². The molecule has 0 aliphatic carbocycles. The summed E-state index contributed by atoms with van der Waals surface area (Å²) in [4.78, 5) is 31.5. The molecule has 2 aliphatic rings. The van der Waals surface area contributed by atoms with Gasteiger partial charge in [-0.15, -0.1) is 0 Å². The van der Waals surface area contributed by atoms with Crippen molar-refractivity contribution >= 4 is 17.9 Å². The summed E-state index contributed by atoms with van der Waals surface area (Å²) in [5, 5.41) is 15.1. The van der Waals surface area contributed by atoms with Gasteiger partial charge in [0.25, 0.3) is 5.91 Å². The minimum absolute atomic E-state index is 0.223. The third kappa shape index (κ3) is 2.87. The maximum atomic E-state index is 12.2. The lowest BCUT2D eigenvalue weighted by molar-refractivity contribution is -0.127. The molecular weight excluding hydrogens is 302 g/mol. The number of hydrogen-bond donors (Lipinski definition) is 3. The molecule has 0 radical (unpaired) electrons. The minimum atomic E-state index is -0.653. The fourth-order valence-corrected chi connectivity index (χ4v) is 2.76. The number of carbonyl (C=O) groups excluding carboxylic acids is 2. The summed E-state index contributed by atoms with van der Waals surface area (Å²) in [6.07, 6.45) is 0.385. The number of imide groups is 1. The Morgan fingerprint density at radius 2 is 2.26 bits per heavy atom. The Kier molecular flexibility index (Phi) is 3.95. The molecule has 2 fully saturated rings. The Bertz CT molecular complexity index is 627. The normalized spacial score (nSPS) is 27.0. The highest BCUT2D eigenvalue weighted by atomic mass is 16.3. The molecule has 124 valence electrons. The van der Waals surface area contributed by atoms with Crippen LogP contribution < -0.4 is 10.6 Å². The maximum absolute atomic E-state index is 12.2. The predicted octanol–water partition coefficient (Wildman–Crippen LogP) is -0.702. The Morgan fingerprint density at radius 1 is 1.48 bits per heavy atom. The lowest BCUT2D eigenvalue weighted by Gasteiger charge is -2.35. The molecule has 23 heavy (non-hydrogen) atoms. The van der Waals surface area contributed by atoms with E-state index in [9.17, 15) is 14.7 Å². The van der Waals surface area contributed by atoms with E-state index in [4.69, 9.17) is 4.42 Å². The number of aliphatic hydroxyl groups is 1. The second-order valence-electron chi connectivity index (χ2n) is 5.66. The zero-order valence-electron chi connectivity index (χ0n) is 12.9. The molecule has 3 atom stereocenters. The number of urea groups is 1. The number of nitrogens with zero attached hydrogens (tertiary/aromatic N) is 3. The monoisotopic (exact) mass is 321 g/mol. The molecule has 2 aliphatic heterocycles. The van der Waals surface area contributed by atoms with Gasteiger partial charge in [0, 0.05) is 13.6 Å². The topological polar surface area (TPSA) is 110 Å². The van der Waals surface area contributed by atoms with E-state index in [0.717, 1.165) is 0 Å². The Balaban J connectivity index is 1.87. The number of nitrogens with one attached hydrogen (secondary N) is 2. The number of aliphatic hydroxyl groups excluding tert-OH is 1. The van der Waals surface area contributed by atoms with Crippen LogP contribution in [0.25, 0.3) is 0 Å². The molecule has 3 amide bonds. The first kappa shape index (κ1) is 15.3. The molecule has 0 saturated carbocycles. The van der Waals surface area contributed by atoms with Gasteiger partial charge in [-0.25, -0.2) is 9.79 Å². The summed E-state index contributed by atoms with van der Waals surface area (Å²) in [6, 6.07) is 2.47. The average Bonchev–Trinajstić information content (AvgIpc) is 3.10. The number of rotatable bonds is 4. The van der Waals surface area contributed by atoms with E-state index in [1.165, 1.54) is 4.90 Å². The SMILES string of the molecule is CC(O)CN1C(=NCc2ccco2)NC2C1C(=O)NC(=O)N2C. The first-order valence-corrected chi connectivity index (χ1v) is 7.33. The summed E-state index contributed by atoms with van der Waals surface area (Å²) in [7, 11) is 1.60. The largest absolute Gasteiger partial charge is 0.467 e. The number of fused-ring (bicyclic) bond motifs is 1. The van der Waals surface area contributed by atoms with Crippen molar-refractivity contribution < 1.29 is 19.1 Å². The second-order valence-corrected chi connectivity index (χ2v) is 5.66. The van der Waals surface area contributed by atoms with E-state index in [2.05, 4.69) is 15.6 Å². The van der Waals surface area contributed by atoms with E-state index >= 15 is 0 Å². The number of β-amino-alcohol motifs (C(OH)–C–C–N with tert-alkyl or cyclic N) is 1. The van der Waals surface area contributed by atoms with Gasteiger partial charge < -0.3 is 24.6 Å². The minimum Gasteiger partial charge on any atom is -0.467 e. The number of likely N-dealkylation sites (N-methyl/N-ethyl adjacent to an activating group) is 1. The molecule has 0 spiro atoms. The summed E-state index contributed by atoms with van der Waals surface area (Å²) in [5.41, 5.74) is 0. The van der Waals surface area contributed by atoms with Crippen molar-refractivity contribution in [3.8, 4) is 0 Å². The molecule has 3 N–H and O–H groups in total. The fourth-order valence-electron chi connectivity index (χ4n) is 2.76. The molecule has 0 aromatic carbocycles. The third-order valence-corrected chi connectivity index (χ3v) is 3.85. The molecule has 9 nitrogen and oxygen atoms in total. The van der Waals surface area contributed by atoms with Crippen molar-refractivity contribution in [2.24, 2.45) is 4.99 Å². The van der Waals surface area contributed by atoms with Crippen molar-refractivity contribution in [3.05, 3.63) is 24.2 Å². The first-order chi connectivity index (χ1) is 11.0. The van der Waals surface area contributed by atoms with Crippen LogP contribution in [-0.4, -0.2) is 64.7 Å². The highest BCUT2D eigenvalue weighted by Gasteiger charge is 2.49. The highest BCUT2D eigenvalue weighted by molar-refractivity contribution is 6.04. The van der Waals surface area contributed by atoms with Crippen LogP contribution in [0.2, 0.25) is 0 Å². The molecule has 1 aromatic rings. The van der Waals surface area contributed by atoms with Gasteiger partial charge in [0.1, 0.15) is 18.5 Å². The number of hydrogen-bond acceptors (Lipinski definition) is 5. The lowest BCUT2D eigenvalue weighted by Crippen LogP contribution is -2.65. The second kappa shape index (κ2) is 5.92. The van der Waals surface area contributed by atoms with Gasteiger partial charge in [-0.3, -0.25) is 10.1 Å². The van der Waals surface area contributed by atoms with Gasteiger partial charge in [0.05, 0.1) is 12.4 Å². The van der Waals surface area contributed by atoms with Crippen LogP contribution in [0.15, 0.2) is 27.8 Å². The van der Waals surface area contributed by atoms with Gasteiger partial charge in [0.2, 0.25) is 0 Å². The maximum Gasteiger partial charge on any atom is 0.325 e. The first-order valence-electron chi connectivity index (χ1n) is 7.33. The molecule has 9 heteroatoms. The number of guanidine groups is 1. The highest BCUT2D eigenvalue weighted by Crippen LogP contribution is 2.21. The van der Waals surface area contributed by atoms with Crippen molar-refractivity contribution in [1.29, 1.82) is 0 Å². The van der Waals surface area contributed by atoms with E-state index in [-0.39, 0.29) is 6.54 Å². The molecule has 0 bridgehead atoms. The molecule has 3 unspecified atom stereocenters. The van der Waals surface area contributed by atoms with E-state index in [0.29, 0.717) is 18.3 Å². The molecule has 2 saturated heterocycles. The van der Waals surface area contributed by atoms with Crippen LogP contribution >= 0.6 is 0 Å². The fraction of sp³-hybridized carbons (Fsp3) is 0.500. The summed E-state index contributed by atoms with van der Waals surface area (Å²) >= 11 is 0. The third-order valence-electron chi connectivity index (χ3n) is 3.85. The van der Waals surface area contributed by atoms with Crippen LogP contribution in [0.3, 0.4) is 0 Å². The zero-order valence-corrected chi connectivity index (χ0v) is 12.9. The van der Waals surface area contributed by atoms with Gasteiger partial charge in [-0.2, -0.15) is 0 Å². The standard InChI is InChI=1S/C14H19N5O4/c1-8(20)7-19-10-11(18(2)14(22)17-12(10)21)16-13(19)15-6-9-4-3-5-23-9/h3-5,8,10-11,20H,6-7H2,1-2H3,(H,15,16)(H,17,21,22). The van der Waals surface area contributed by atoms with Gasteiger partial charge in [0.15, 0.2) is 12.0 Å². The molecule has 1 aromatic heterocycles. The molecule has 3 rings (SSSR count). The zero-order chi connectivity index (χ0) is 16.6. The van der Waals surface area contributed by atoms with Crippen LogP contribution in [-0.2, 0) is 11.3 Å². The van der Waals surface area contributed by atoms with Crippen LogP contribution in [0.4, 0.5) is 4.79 Å². The summed E-state index contributed by atoms with van der Waals surface area (Å²) in [5.74, 6) is 0.725. The summed E-state index contributed by atoms with van der Waals surface area (Å²) < 4.78 is 5.24. The van der Waals surface area contributed by atoms with E-state index in [1.807, 2.05) is 0 Å².